The summed E-state index contributed by atoms with van der Waals surface area (Å²) in [5.74, 6) is -1.38. The van der Waals surface area contributed by atoms with E-state index in [9.17, 15) is 19.3 Å². The fourth-order valence-corrected chi connectivity index (χ4v) is 2.28. The highest BCUT2D eigenvalue weighted by Crippen LogP contribution is 2.24. The minimum absolute atomic E-state index is 0.0106. The molecule has 3 rings (SSSR count). The predicted octanol–water partition coefficient (Wildman–Crippen LogP) is 4.06. The number of esters is 1. The van der Waals surface area contributed by atoms with Crippen LogP contribution in [0.5, 0.6) is 5.88 Å². The summed E-state index contributed by atoms with van der Waals surface area (Å²) in [6.07, 6.45) is 0. The van der Waals surface area contributed by atoms with Crippen molar-refractivity contribution in [2.24, 2.45) is 0 Å². The van der Waals surface area contributed by atoms with Crippen molar-refractivity contribution in [3.63, 3.8) is 0 Å². The second-order valence-corrected chi connectivity index (χ2v) is 5.48. The van der Waals surface area contributed by atoms with E-state index in [1.807, 2.05) is 0 Å². The molecule has 0 bridgehead atoms. The molecule has 0 aliphatic heterocycles. The number of non-ortho nitro benzene ring substituents is 1. The number of carbonyl (C=O) groups is 1. The normalized spacial score (nSPS) is 10.4. The number of aromatic nitrogens is 2. The number of halogens is 2. The van der Waals surface area contributed by atoms with Crippen molar-refractivity contribution in [3.8, 4) is 17.1 Å². The van der Waals surface area contributed by atoms with E-state index in [1.165, 1.54) is 48.5 Å². The van der Waals surface area contributed by atoms with Crippen LogP contribution in [0.25, 0.3) is 11.3 Å². The van der Waals surface area contributed by atoms with Gasteiger partial charge in [-0.15, -0.1) is 10.2 Å². The van der Waals surface area contributed by atoms with Crippen LogP contribution in [-0.4, -0.2) is 21.1 Å². The molecule has 0 fully saturated rings. The number of rotatable bonds is 4. The van der Waals surface area contributed by atoms with Crippen LogP contribution in [-0.2, 0) is 0 Å². The smallest absolute Gasteiger partial charge is 0.346 e. The van der Waals surface area contributed by atoms with Gasteiger partial charge in [0.1, 0.15) is 5.82 Å². The molecule has 9 heteroatoms. The third-order valence-electron chi connectivity index (χ3n) is 3.36. The predicted molar refractivity (Wildman–Crippen MR) is 90.5 cm³/mol. The van der Waals surface area contributed by atoms with Crippen molar-refractivity contribution in [2.45, 2.75) is 0 Å². The Bertz CT molecular complexity index is 978. The minimum atomic E-state index is -0.900. The molecule has 0 saturated heterocycles. The van der Waals surface area contributed by atoms with E-state index in [1.54, 1.807) is 0 Å². The van der Waals surface area contributed by atoms with E-state index in [4.69, 9.17) is 16.3 Å². The minimum Gasteiger partial charge on any atom is -0.402 e. The molecule has 3 aromatic rings. The van der Waals surface area contributed by atoms with Crippen molar-refractivity contribution < 1.29 is 18.8 Å². The lowest BCUT2D eigenvalue weighted by molar-refractivity contribution is -0.384. The van der Waals surface area contributed by atoms with E-state index in [2.05, 4.69) is 10.2 Å². The monoisotopic (exact) mass is 373 g/mol. The standard InChI is InChI=1S/C17H9ClFN3O4/c18-14-6-5-12(22(24)25)9-13(14)17(23)26-16-8-7-15(20-21-16)10-1-3-11(19)4-2-10/h1-9H. The number of hydrogen-bond donors (Lipinski definition) is 0. The van der Waals surface area contributed by atoms with Crippen molar-refractivity contribution >= 4 is 23.3 Å². The first-order chi connectivity index (χ1) is 12.4. The molecule has 1 aromatic heterocycles. The average molecular weight is 374 g/mol. The van der Waals surface area contributed by atoms with Crippen LogP contribution < -0.4 is 4.74 Å². The molecule has 0 aliphatic carbocycles. The first-order valence-electron chi connectivity index (χ1n) is 7.20. The van der Waals surface area contributed by atoms with E-state index < -0.39 is 10.9 Å². The van der Waals surface area contributed by atoms with Crippen molar-refractivity contribution in [2.75, 3.05) is 0 Å². The number of hydrogen-bond acceptors (Lipinski definition) is 6. The summed E-state index contributed by atoms with van der Waals surface area (Å²) in [5, 5.41) is 18.5. The first kappa shape index (κ1) is 17.4. The molecule has 0 atom stereocenters. The molecule has 0 unspecified atom stereocenters. The Kier molecular flexibility index (Phi) is 4.85. The summed E-state index contributed by atoms with van der Waals surface area (Å²) in [6, 6.07) is 12.0. The summed E-state index contributed by atoms with van der Waals surface area (Å²) in [5.41, 5.74) is 0.640. The van der Waals surface area contributed by atoms with Gasteiger partial charge in [0.15, 0.2) is 0 Å². The number of nitro benzene ring substituents is 1. The summed E-state index contributed by atoms with van der Waals surface area (Å²) in [4.78, 5) is 22.3. The molecule has 1 heterocycles. The van der Waals surface area contributed by atoms with Gasteiger partial charge < -0.3 is 4.74 Å². The third kappa shape index (κ3) is 3.81. The van der Waals surface area contributed by atoms with Crippen molar-refractivity contribution in [3.05, 3.63) is 81.1 Å². The molecule has 0 N–H and O–H groups in total. The summed E-state index contributed by atoms with van der Waals surface area (Å²) in [6.45, 7) is 0. The maximum atomic E-state index is 12.9. The van der Waals surface area contributed by atoms with Crippen LogP contribution in [0.3, 0.4) is 0 Å². The van der Waals surface area contributed by atoms with Gasteiger partial charge in [0.05, 0.1) is 21.2 Å². The Balaban J connectivity index is 1.79. The summed E-state index contributed by atoms with van der Waals surface area (Å²) < 4.78 is 18.0. The summed E-state index contributed by atoms with van der Waals surface area (Å²) >= 11 is 5.89. The Hall–Kier alpha value is -3.39. The van der Waals surface area contributed by atoms with Gasteiger partial charge in [0.25, 0.3) is 5.69 Å². The average Bonchev–Trinajstić information content (AvgIpc) is 2.63. The first-order valence-corrected chi connectivity index (χ1v) is 7.57. The van der Waals surface area contributed by atoms with Crippen LogP contribution in [0, 0.1) is 15.9 Å². The van der Waals surface area contributed by atoms with E-state index in [-0.39, 0.29) is 28.0 Å². The fourth-order valence-electron chi connectivity index (χ4n) is 2.08. The maximum absolute atomic E-state index is 12.9. The molecule has 0 spiro atoms. The largest absolute Gasteiger partial charge is 0.402 e. The van der Waals surface area contributed by atoms with Gasteiger partial charge in [-0.3, -0.25) is 10.1 Å². The van der Waals surface area contributed by atoms with Gasteiger partial charge in [0.2, 0.25) is 5.88 Å². The Morgan fingerprint density at radius 1 is 1.08 bits per heavy atom. The lowest BCUT2D eigenvalue weighted by Gasteiger charge is -2.05. The van der Waals surface area contributed by atoms with Gasteiger partial charge >= 0.3 is 5.97 Å². The topological polar surface area (TPSA) is 95.2 Å². The van der Waals surface area contributed by atoms with E-state index >= 15 is 0 Å². The second kappa shape index (κ2) is 7.24. The maximum Gasteiger partial charge on any atom is 0.346 e. The van der Waals surface area contributed by atoms with Gasteiger partial charge in [-0.25, -0.2) is 9.18 Å². The van der Waals surface area contributed by atoms with Crippen molar-refractivity contribution in [1.82, 2.24) is 10.2 Å². The zero-order chi connectivity index (χ0) is 18.7. The lowest BCUT2D eigenvalue weighted by Crippen LogP contribution is -2.11. The Labute approximate surface area is 151 Å². The van der Waals surface area contributed by atoms with Gasteiger partial charge in [-0.1, -0.05) is 11.6 Å². The highest BCUT2D eigenvalue weighted by molar-refractivity contribution is 6.33. The highest BCUT2D eigenvalue weighted by Gasteiger charge is 2.18. The molecule has 0 aliphatic rings. The quantitative estimate of drug-likeness (QED) is 0.388. The Morgan fingerprint density at radius 2 is 1.81 bits per heavy atom. The third-order valence-corrected chi connectivity index (χ3v) is 3.69. The number of ether oxygens (including phenoxy) is 1. The Morgan fingerprint density at radius 3 is 2.42 bits per heavy atom. The molecule has 0 radical (unpaired) electrons. The molecular formula is C17H9ClFN3O4. The molecule has 0 saturated carbocycles. The number of nitrogens with zero attached hydrogens (tertiary/aromatic N) is 3. The van der Waals surface area contributed by atoms with E-state index in [0.717, 1.165) is 6.07 Å². The van der Waals surface area contributed by atoms with Crippen LogP contribution in [0.4, 0.5) is 10.1 Å². The van der Waals surface area contributed by atoms with Gasteiger partial charge in [-0.05, 0) is 36.4 Å². The van der Waals surface area contributed by atoms with Gasteiger partial charge in [0, 0.05) is 23.8 Å². The zero-order valence-corrected chi connectivity index (χ0v) is 13.7. The van der Waals surface area contributed by atoms with Crippen molar-refractivity contribution in [1.29, 1.82) is 0 Å². The number of benzene rings is 2. The lowest BCUT2D eigenvalue weighted by atomic mass is 10.1. The molecule has 0 amide bonds. The SMILES string of the molecule is O=C(Oc1ccc(-c2ccc(F)cc2)nn1)c1cc([N+](=O)[O-])ccc1Cl. The van der Waals surface area contributed by atoms with Gasteiger partial charge in [-0.2, -0.15) is 0 Å². The molecule has 130 valence electrons. The number of nitro groups is 1. The van der Waals surface area contributed by atoms with Crippen LogP contribution in [0.1, 0.15) is 10.4 Å². The molecule has 7 nitrogen and oxygen atoms in total. The zero-order valence-electron chi connectivity index (χ0n) is 12.9. The molecule has 2 aromatic carbocycles. The molecular weight excluding hydrogens is 365 g/mol. The second-order valence-electron chi connectivity index (χ2n) is 5.07. The van der Waals surface area contributed by atoms with Crippen LogP contribution in [0.15, 0.2) is 54.6 Å². The number of carbonyl (C=O) groups excluding carboxylic acids is 1. The summed E-state index contributed by atoms with van der Waals surface area (Å²) in [7, 11) is 0. The van der Waals surface area contributed by atoms with Crippen LogP contribution >= 0.6 is 11.6 Å². The molecule has 26 heavy (non-hydrogen) atoms. The highest BCUT2D eigenvalue weighted by atomic mass is 35.5. The van der Waals surface area contributed by atoms with Crippen LogP contribution in [0.2, 0.25) is 5.02 Å². The van der Waals surface area contributed by atoms with E-state index in [0.29, 0.717) is 11.3 Å². The fraction of sp³-hybridized carbons (Fsp3) is 0.